The van der Waals surface area contributed by atoms with Gasteiger partial charge in [-0.1, -0.05) is 74.5 Å². The molecule has 0 bridgehead atoms. The average Bonchev–Trinajstić information content (AvgIpc) is 2.85. The number of carbonyl (C=O) groups is 2. The van der Waals surface area contributed by atoms with E-state index < -0.39 is 6.04 Å². The van der Waals surface area contributed by atoms with Gasteiger partial charge in [-0.05, 0) is 41.3 Å². The van der Waals surface area contributed by atoms with Gasteiger partial charge in [0.15, 0.2) is 6.61 Å². The van der Waals surface area contributed by atoms with Crippen LogP contribution in [0.15, 0.2) is 84.9 Å². The van der Waals surface area contributed by atoms with Gasteiger partial charge < -0.3 is 15.0 Å². The summed E-state index contributed by atoms with van der Waals surface area (Å²) in [7, 11) is 0. The lowest BCUT2D eigenvalue weighted by Gasteiger charge is -2.31. The normalized spacial score (nSPS) is 11.6. The molecular formula is C28H31FN2O3. The summed E-state index contributed by atoms with van der Waals surface area (Å²) in [4.78, 5) is 28.2. The topological polar surface area (TPSA) is 58.6 Å². The first-order valence-corrected chi connectivity index (χ1v) is 11.5. The van der Waals surface area contributed by atoms with Crippen molar-refractivity contribution in [2.75, 3.05) is 13.2 Å². The molecule has 0 unspecified atom stereocenters. The number of hydrogen-bond acceptors (Lipinski definition) is 3. The van der Waals surface area contributed by atoms with Crippen molar-refractivity contribution in [1.82, 2.24) is 10.2 Å². The molecule has 0 aliphatic heterocycles. The second kappa shape index (κ2) is 12.5. The molecule has 6 heteroatoms. The molecule has 1 N–H and O–H groups in total. The van der Waals surface area contributed by atoms with Gasteiger partial charge in [0.2, 0.25) is 5.91 Å². The lowest BCUT2D eigenvalue weighted by Crippen LogP contribution is -2.52. The lowest BCUT2D eigenvalue weighted by molar-refractivity contribution is -0.142. The Kier molecular flexibility index (Phi) is 9.21. The van der Waals surface area contributed by atoms with Crippen LogP contribution in [-0.2, 0) is 22.6 Å². The number of nitrogens with zero attached hydrogens (tertiary/aromatic N) is 1. The van der Waals surface area contributed by atoms with Gasteiger partial charge in [0.05, 0.1) is 0 Å². The molecular weight excluding hydrogens is 431 g/mol. The Balaban J connectivity index is 1.88. The Hall–Kier alpha value is -3.67. The molecule has 0 aromatic heterocycles. The first-order chi connectivity index (χ1) is 16.4. The zero-order valence-electron chi connectivity index (χ0n) is 19.6. The molecule has 0 saturated carbocycles. The molecule has 3 aromatic carbocycles. The molecule has 3 aromatic rings. The van der Waals surface area contributed by atoms with E-state index in [-0.39, 0.29) is 36.7 Å². The van der Waals surface area contributed by atoms with Gasteiger partial charge in [-0.2, -0.15) is 0 Å². The van der Waals surface area contributed by atoms with Crippen molar-refractivity contribution in [2.45, 2.75) is 32.9 Å². The van der Waals surface area contributed by atoms with Gasteiger partial charge in [0.25, 0.3) is 5.91 Å². The Morgan fingerprint density at radius 3 is 2.12 bits per heavy atom. The van der Waals surface area contributed by atoms with Gasteiger partial charge in [-0.15, -0.1) is 0 Å². The molecule has 178 valence electrons. The molecule has 0 aliphatic rings. The monoisotopic (exact) mass is 462 g/mol. The molecule has 0 heterocycles. The lowest BCUT2D eigenvalue weighted by atomic mass is 10.0. The summed E-state index contributed by atoms with van der Waals surface area (Å²) >= 11 is 0. The summed E-state index contributed by atoms with van der Waals surface area (Å²) in [6.07, 6.45) is 0.350. The quantitative estimate of drug-likeness (QED) is 0.453. The van der Waals surface area contributed by atoms with Gasteiger partial charge in [0.1, 0.15) is 17.6 Å². The number of carbonyl (C=O) groups excluding carboxylic acids is 2. The van der Waals surface area contributed by atoms with Crippen LogP contribution >= 0.6 is 0 Å². The summed E-state index contributed by atoms with van der Waals surface area (Å²) < 4.78 is 19.2. The van der Waals surface area contributed by atoms with Crippen molar-refractivity contribution in [2.24, 2.45) is 5.92 Å². The third-order valence-electron chi connectivity index (χ3n) is 5.33. The van der Waals surface area contributed by atoms with E-state index in [4.69, 9.17) is 4.74 Å². The van der Waals surface area contributed by atoms with Gasteiger partial charge >= 0.3 is 0 Å². The fourth-order valence-electron chi connectivity index (χ4n) is 3.51. The number of hydrogen-bond donors (Lipinski definition) is 1. The van der Waals surface area contributed by atoms with Crippen molar-refractivity contribution in [3.8, 4) is 5.75 Å². The van der Waals surface area contributed by atoms with Gasteiger partial charge in [0, 0.05) is 19.5 Å². The largest absolute Gasteiger partial charge is 0.484 e. The second-order valence-electron chi connectivity index (χ2n) is 8.59. The summed E-state index contributed by atoms with van der Waals surface area (Å²) in [6.45, 7) is 4.48. The highest BCUT2D eigenvalue weighted by Crippen LogP contribution is 2.16. The first kappa shape index (κ1) is 25.0. The van der Waals surface area contributed by atoms with Crippen molar-refractivity contribution in [3.63, 3.8) is 0 Å². The predicted molar refractivity (Wildman–Crippen MR) is 131 cm³/mol. The van der Waals surface area contributed by atoms with Crippen LogP contribution in [0.1, 0.15) is 25.0 Å². The zero-order valence-corrected chi connectivity index (χ0v) is 19.6. The molecule has 34 heavy (non-hydrogen) atoms. The van der Waals surface area contributed by atoms with Crippen molar-refractivity contribution in [1.29, 1.82) is 0 Å². The van der Waals surface area contributed by atoms with E-state index in [1.807, 2.05) is 62.4 Å². The number of amides is 2. The molecule has 0 saturated heterocycles. The van der Waals surface area contributed by atoms with E-state index in [0.717, 1.165) is 11.1 Å². The second-order valence-corrected chi connectivity index (χ2v) is 8.59. The standard InChI is InChI=1S/C28H31FN2O3/c1-21(2)18-30-28(33)26(17-22-9-5-3-6-10-22)31(19-23-13-15-24(29)16-14-23)27(32)20-34-25-11-7-4-8-12-25/h3-16,21,26H,17-20H2,1-2H3,(H,30,33)/t26-/m0/s1. The molecule has 0 fully saturated rings. The third kappa shape index (κ3) is 7.73. The van der Waals surface area contributed by atoms with Crippen LogP contribution in [-0.4, -0.2) is 35.9 Å². The fourth-order valence-corrected chi connectivity index (χ4v) is 3.51. The van der Waals surface area contributed by atoms with Crippen LogP contribution in [0.4, 0.5) is 4.39 Å². The van der Waals surface area contributed by atoms with Crippen LogP contribution in [0.3, 0.4) is 0 Å². The van der Waals surface area contributed by atoms with Crippen LogP contribution in [0.25, 0.3) is 0 Å². The molecule has 2 amide bonds. The zero-order chi connectivity index (χ0) is 24.3. The molecule has 0 aliphatic carbocycles. The summed E-state index contributed by atoms with van der Waals surface area (Å²) in [5, 5.41) is 2.97. The summed E-state index contributed by atoms with van der Waals surface area (Å²) in [6, 6.07) is 23.9. The third-order valence-corrected chi connectivity index (χ3v) is 5.33. The van der Waals surface area contributed by atoms with E-state index in [0.29, 0.717) is 18.7 Å². The Morgan fingerprint density at radius 2 is 1.50 bits per heavy atom. The number of benzene rings is 3. The van der Waals surface area contributed by atoms with Crippen LogP contribution in [0.2, 0.25) is 0 Å². The van der Waals surface area contributed by atoms with Crippen LogP contribution in [0, 0.1) is 11.7 Å². The highest BCUT2D eigenvalue weighted by molar-refractivity contribution is 5.88. The smallest absolute Gasteiger partial charge is 0.261 e. The average molecular weight is 463 g/mol. The highest BCUT2D eigenvalue weighted by Gasteiger charge is 2.30. The van der Waals surface area contributed by atoms with Crippen molar-refractivity contribution < 1.29 is 18.7 Å². The number of halogens is 1. The molecule has 0 spiro atoms. The van der Waals surface area contributed by atoms with E-state index in [1.165, 1.54) is 17.0 Å². The predicted octanol–water partition coefficient (Wildman–Crippen LogP) is 4.62. The fraction of sp³-hybridized carbons (Fsp3) is 0.286. The van der Waals surface area contributed by atoms with Crippen molar-refractivity contribution >= 4 is 11.8 Å². The van der Waals surface area contributed by atoms with Gasteiger partial charge in [-0.3, -0.25) is 9.59 Å². The van der Waals surface area contributed by atoms with E-state index in [1.54, 1.807) is 24.3 Å². The maximum Gasteiger partial charge on any atom is 0.261 e. The van der Waals surface area contributed by atoms with E-state index in [2.05, 4.69) is 5.32 Å². The maximum absolute atomic E-state index is 13.5. The number of ether oxygens (including phenoxy) is 1. The minimum absolute atomic E-state index is 0.157. The number of para-hydroxylation sites is 1. The SMILES string of the molecule is CC(C)CNC(=O)[C@H](Cc1ccccc1)N(Cc1ccc(F)cc1)C(=O)COc1ccccc1. The maximum atomic E-state index is 13.5. The molecule has 0 radical (unpaired) electrons. The van der Waals surface area contributed by atoms with E-state index >= 15 is 0 Å². The van der Waals surface area contributed by atoms with Crippen LogP contribution < -0.4 is 10.1 Å². The number of nitrogens with one attached hydrogen (secondary N) is 1. The Bertz CT molecular complexity index is 1040. The molecule has 5 nitrogen and oxygen atoms in total. The minimum atomic E-state index is -0.752. The summed E-state index contributed by atoms with van der Waals surface area (Å²) in [5.41, 5.74) is 1.66. The van der Waals surface area contributed by atoms with Crippen molar-refractivity contribution in [3.05, 3.63) is 102 Å². The minimum Gasteiger partial charge on any atom is -0.484 e. The number of rotatable bonds is 11. The Morgan fingerprint density at radius 1 is 0.882 bits per heavy atom. The Labute approximate surface area is 200 Å². The summed E-state index contributed by atoms with van der Waals surface area (Å²) in [5.74, 6) is -0.0727. The highest BCUT2D eigenvalue weighted by atomic mass is 19.1. The van der Waals surface area contributed by atoms with Crippen LogP contribution in [0.5, 0.6) is 5.75 Å². The first-order valence-electron chi connectivity index (χ1n) is 11.5. The molecule has 1 atom stereocenters. The molecule has 3 rings (SSSR count). The van der Waals surface area contributed by atoms with E-state index in [9.17, 15) is 14.0 Å². The van der Waals surface area contributed by atoms with Gasteiger partial charge in [-0.25, -0.2) is 4.39 Å².